The van der Waals surface area contributed by atoms with Crippen molar-refractivity contribution in [2.45, 2.75) is 20.4 Å². The minimum Gasteiger partial charge on any atom is -0.454 e. The number of rotatable bonds is 6. The summed E-state index contributed by atoms with van der Waals surface area (Å²) in [4.78, 5) is 29.8. The summed E-state index contributed by atoms with van der Waals surface area (Å²) in [5.41, 5.74) is -0.633. The van der Waals surface area contributed by atoms with E-state index in [-0.39, 0.29) is 17.7 Å². The molecular formula is C20H26N4O4. The van der Waals surface area contributed by atoms with Crippen LogP contribution in [0.4, 0.5) is 0 Å². The molecule has 8 heteroatoms. The molecule has 0 N–H and O–H groups in total. The Hall–Kier alpha value is -2.61. The SMILES string of the molecule is CCN(CC)C(=O)[C@@]12COC[C@@H]1CN(C(=O)c1ccc(Cn3cccn3)o1)C2. The summed E-state index contributed by atoms with van der Waals surface area (Å²) in [6.45, 7) is 7.52. The van der Waals surface area contributed by atoms with Crippen molar-refractivity contribution in [3.05, 3.63) is 42.1 Å². The average Bonchev–Trinajstić information content (AvgIpc) is 3.46. The number of aromatic nitrogens is 2. The minimum atomic E-state index is -0.633. The molecule has 150 valence electrons. The van der Waals surface area contributed by atoms with E-state index in [1.54, 1.807) is 27.9 Å². The van der Waals surface area contributed by atoms with Crippen molar-refractivity contribution in [2.24, 2.45) is 11.3 Å². The summed E-state index contributed by atoms with van der Waals surface area (Å²) in [5.74, 6) is 0.919. The largest absolute Gasteiger partial charge is 0.454 e. The summed E-state index contributed by atoms with van der Waals surface area (Å²) in [6, 6.07) is 5.34. The Morgan fingerprint density at radius 3 is 2.86 bits per heavy atom. The summed E-state index contributed by atoms with van der Waals surface area (Å²) < 4.78 is 13.1. The van der Waals surface area contributed by atoms with E-state index in [0.29, 0.717) is 57.5 Å². The molecule has 0 aliphatic carbocycles. The molecule has 8 nitrogen and oxygen atoms in total. The second-order valence-corrected chi connectivity index (χ2v) is 7.50. The summed E-state index contributed by atoms with van der Waals surface area (Å²) >= 11 is 0. The fourth-order valence-electron chi connectivity index (χ4n) is 4.31. The van der Waals surface area contributed by atoms with Crippen molar-refractivity contribution in [2.75, 3.05) is 39.4 Å². The third-order valence-corrected chi connectivity index (χ3v) is 5.89. The third kappa shape index (κ3) is 3.11. The zero-order valence-corrected chi connectivity index (χ0v) is 16.3. The molecule has 4 rings (SSSR count). The Kier molecular flexibility index (Phi) is 4.97. The van der Waals surface area contributed by atoms with Crippen LogP contribution in [0.25, 0.3) is 0 Å². The number of ether oxygens (including phenoxy) is 1. The van der Waals surface area contributed by atoms with Gasteiger partial charge in [-0.3, -0.25) is 14.3 Å². The number of fused-ring (bicyclic) bond motifs is 1. The highest BCUT2D eigenvalue weighted by Gasteiger charge is 2.57. The third-order valence-electron chi connectivity index (χ3n) is 5.89. The Morgan fingerprint density at radius 2 is 2.14 bits per heavy atom. The summed E-state index contributed by atoms with van der Waals surface area (Å²) in [5, 5.41) is 4.15. The summed E-state index contributed by atoms with van der Waals surface area (Å²) in [6.07, 6.45) is 3.54. The average molecular weight is 386 g/mol. The molecule has 4 heterocycles. The molecule has 2 aromatic heterocycles. The molecule has 2 saturated heterocycles. The second kappa shape index (κ2) is 7.43. The van der Waals surface area contributed by atoms with Gasteiger partial charge in [-0.1, -0.05) is 0 Å². The summed E-state index contributed by atoms with van der Waals surface area (Å²) in [7, 11) is 0. The van der Waals surface area contributed by atoms with E-state index >= 15 is 0 Å². The van der Waals surface area contributed by atoms with Gasteiger partial charge >= 0.3 is 0 Å². The lowest BCUT2D eigenvalue weighted by Gasteiger charge is -2.32. The first-order chi connectivity index (χ1) is 13.6. The van der Waals surface area contributed by atoms with Crippen molar-refractivity contribution in [3.63, 3.8) is 0 Å². The van der Waals surface area contributed by atoms with Crippen LogP contribution in [0, 0.1) is 11.3 Å². The van der Waals surface area contributed by atoms with Crippen molar-refractivity contribution >= 4 is 11.8 Å². The smallest absolute Gasteiger partial charge is 0.289 e. The minimum absolute atomic E-state index is 0.0306. The molecule has 2 aliphatic heterocycles. The van der Waals surface area contributed by atoms with Gasteiger partial charge in [0.2, 0.25) is 5.91 Å². The number of furan rings is 1. The van der Waals surface area contributed by atoms with Gasteiger partial charge < -0.3 is 19.0 Å². The van der Waals surface area contributed by atoms with Gasteiger partial charge in [0.15, 0.2) is 5.76 Å². The topological polar surface area (TPSA) is 80.8 Å². The first kappa shape index (κ1) is 18.7. The molecule has 28 heavy (non-hydrogen) atoms. The van der Waals surface area contributed by atoms with Crippen molar-refractivity contribution in [1.29, 1.82) is 0 Å². The molecule has 0 bridgehead atoms. The van der Waals surface area contributed by atoms with E-state index < -0.39 is 5.41 Å². The van der Waals surface area contributed by atoms with Crippen LogP contribution in [-0.4, -0.2) is 70.8 Å². The van der Waals surface area contributed by atoms with E-state index in [1.165, 1.54) is 0 Å². The van der Waals surface area contributed by atoms with Crippen LogP contribution in [-0.2, 0) is 16.1 Å². The standard InChI is InChI=1S/C20H26N4O4/c1-3-22(4-2)19(26)20-13-23(10-15(20)12-27-14-20)18(25)17-7-6-16(28-17)11-24-9-5-8-21-24/h5-9,15H,3-4,10-14H2,1-2H3/t15-,20-/m0/s1. The predicted molar refractivity (Wildman–Crippen MR) is 101 cm³/mol. The maximum absolute atomic E-state index is 13.2. The van der Waals surface area contributed by atoms with Crippen molar-refractivity contribution in [1.82, 2.24) is 19.6 Å². The van der Waals surface area contributed by atoms with Crippen LogP contribution >= 0.6 is 0 Å². The van der Waals surface area contributed by atoms with E-state index in [1.807, 2.05) is 31.0 Å². The molecule has 2 atom stereocenters. The highest BCUT2D eigenvalue weighted by Crippen LogP contribution is 2.43. The number of nitrogens with zero attached hydrogens (tertiary/aromatic N) is 4. The van der Waals surface area contributed by atoms with Crippen molar-refractivity contribution < 1.29 is 18.7 Å². The maximum atomic E-state index is 13.2. The molecule has 2 aliphatic rings. The van der Waals surface area contributed by atoms with E-state index in [9.17, 15) is 9.59 Å². The van der Waals surface area contributed by atoms with E-state index in [0.717, 1.165) is 0 Å². The van der Waals surface area contributed by atoms with E-state index in [2.05, 4.69) is 5.10 Å². The Balaban J connectivity index is 1.49. The predicted octanol–water partition coefficient (Wildman–Crippen LogP) is 1.48. The highest BCUT2D eigenvalue weighted by atomic mass is 16.5. The van der Waals surface area contributed by atoms with Crippen LogP contribution in [0.15, 0.2) is 35.0 Å². The molecule has 2 fully saturated rings. The Morgan fingerprint density at radius 1 is 1.32 bits per heavy atom. The lowest BCUT2D eigenvalue weighted by Crippen LogP contribution is -2.49. The highest BCUT2D eigenvalue weighted by molar-refractivity contribution is 5.93. The quantitative estimate of drug-likeness (QED) is 0.751. The molecule has 2 aromatic rings. The van der Waals surface area contributed by atoms with Crippen LogP contribution in [0.1, 0.15) is 30.2 Å². The van der Waals surface area contributed by atoms with Gasteiger partial charge in [-0.15, -0.1) is 0 Å². The zero-order valence-electron chi connectivity index (χ0n) is 16.3. The number of carbonyl (C=O) groups is 2. The van der Waals surface area contributed by atoms with Gasteiger partial charge in [-0.2, -0.15) is 5.10 Å². The van der Waals surface area contributed by atoms with Gasteiger partial charge in [0, 0.05) is 44.5 Å². The van der Waals surface area contributed by atoms with Gasteiger partial charge in [-0.05, 0) is 32.0 Å². The molecule has 0 saturated carbocycles. The lowest BCUT2D eigenvalue weighted by atomic mass is 9.79. The van der Waals surface area contributed by atoms with Gasteiger partial charge in [-0.25, -0.2) is 0 Å². The Labute approximate surface area is 164 Å². The molecule has 0 aromatic carbocycles. The van der Waals surface area contributed by atoms with Crippen LogP contribution < -0.4 is 0 Å². The van der Waals surface area contributed by atoms with Crippen LogP contribution in [0.2, 0.25) is 0 Å². The Bertz CT molecular complexity index is 842. The monoisotopic (exact) mass is 386 g/mol. The molecular weight excluding hydrogens is 360 g/mol. The zero-order chi connectivity index (χ0) is 19.7. The van der Waals surface area contributed by atoms with Crippen LogP contribution in [0.3, 0.4) is 0 Å². The van der Waals surface area contributed by atoms with Gasteiger partial charge in [0.1, 0.15) is 5.76 Å². The van der Waals surface area contributed by atoms with Gasteiger partial charge in [0.05, 0.1) is 25.2 Å². The fourth-order valence-corrected chi connectivity index (χ4v) is 4.31. The number of hydrogen-bond acceptors (Lipinski definition) is 5. The first-order valence-corrected chi connectivity index (χ1v) is 9.80. The van der Waals surface area contributed by atoms with Gasteiger partial charge in [0.25, 0.3) is 5.91 Å². The molecule has 0 radical (unpaired) electrons. The first-order valence-electron chi connectivity index (χ1n) is 9.80. The lowest BCUT2D eigenvalue weighted by molar-refractivity contribution is -0.142. The fraction of sp³-hybridized carbons (Fsp3) is 0.550. The molecule has 0 unspecified atom stereocenters. The number of carbonyl (C=O) groups excluding carboxylic acids is 2. The number of amides is 2. The maximum Gasteiger partial charge on any atom is 0.289 e. The normalized spacial score (nSPS) is 23.8. The second-order valence-electron chi connectivity index (χ2n) is 7.50. The number of likely N-dealkylation sites (tertiary alicyclic amines) is 1. The van der Waals surface area contributed by atoms with Crippen LogP contribution in [0.5, 0.6) is 0 Å². The molecule has 2 amide bonds. The van der Waals surface area contributed by atoms with E-state index in [4.69, 9.17) is 9.15 Å². The van der Waals surface area contributed by atoms with Crippen molar-refractivity contribution in [3.8, 4) is 0 Å². The molecule has 0 spiro atoms. The number of hydrogen-bond donors (Lipinski definition) is 0.